The molecule has 6 heteroatoms. The van der Waals surface area contributed by atoms with Gasteiger partial charge in [0.15, 0.2) is 0 Å². The number of para-hydroxylation sites is 1. The molecule has 1 aromatic carbocycles. The van der Waals surface area contributed by atoms with Crippen LogP contribution < -0.4 is 11.1 Å². The fourth-order valence-corrected chi connectivity index (χ4v) is 2.05. The number of ether oxygens (including phenoxy) is 1. The lowest BCUT2D eigenvalue weighted by atomic mass is 10.1. The maximum absolute atomic E-state index is 11.7. The first-order valence-corrected chi connectivity index (χ1v) is 6.26. The summed E-state index contributed by atoms with van der Waals surface area (Å²) >= 11 is 0. The highest BCUT2D eigenvalue weighted by atomic mass is 16.5. The topological polar surface area (TPSA) is 93.0 Å². The molecule has 6 nitrogen and oxygen atoms in total. The Morgan fingerprint density at radius 2 is 2.20 bits per heavy atom. The number of carbonyl (C=O) groups is 1. The van der Waals surface area contributed by atoms with Crippen molar-refractivity contribution in [1.29, 1.82) is 0 Å². The Labute approximate surface area is 115 Å². The minimum Gasteiger partial charge on any atom is -0.418 e. The fourth-order valence-electron chi connectivity index (χ4n) is 2.05. The highest BCUT2D eigenvalue weighted by Crippen LogP contribution is 2.27. The summed E-state index contributed by atoms with van der Waals surface area (Å²) in [4.78, 5) is 19.1. The van der Waals surface area contributed by atoms with Crippen molar-refractivity contribution >= 4 is 11.8 Å². The van der Waals surface area contributed by atoms with Crippen LogP contribution in [0.25, 0.3) is 11.3 Å². The molecule has 3 rings (SSSR count). The lowest BCUT2D eigenvalue weighted by molar-refractivity contribution is 0.200. The van der Waals surface area contributed by atoms with E-state index in [1.165, 1.54) is 6.26 Å². The van der Waals surface area contributed by atoms with Crippen LogP contribution in [0.2, 0.25) is 0 Å². The van der Waals surface area contributed by atoms with Gasteiger partial charge < -0.3 is 15.5 Å². The number of aromatic amines is 1. The number of nitrogens with zero attached hydrogens (tertiary/aromatic N) is 1. The van der Waals surface area contributed by atoms with E-state index in [0.717, 1.165) is 11.3 Å². The van der Waals surface area contributed by atoms with Crippen LogP contribution in [0, 0.1) is 0 Å². The van der Waals surface area contributed by atoms with Gasteiger partial charge in [-0.3, -0.25) is 5.32 Å². The van der Waals surface area contributed by atoms with Gasteiger partial charge in [-0.2, -0.15) is 0 Å². The number of rotatable bonds is 0. The lowest BCUT2D eigenvalue weighted by Crippen LogP contribution is -2.13. The van der Waals surface area contributed by atoms with Gasteiger partial charge in [0, 0.05) is 5.56 Å². The summed E-state index contributed by atoms with van der Waals surface area (Å²) < 4.78 is 4.94. The monoisotopic (exact) mass is 270 g/mol. The summed E-state index contributed by atoms with van der Waals surface area (Å²) in [5.41, 5.74) is 8.30. The molecule has 1 aliphatic heterocycles. The molecular formula is C14H14N4O2. The summed E-state index contributed by atoms with van der Waals surface area (Å²) in [5.74, 6) is 0.700. The van der Waals surface area contributed by atoms with Crippen LogP contribution in [0.15, 0.2) is 42.8 Å². The molecule has 2 bridgehead atoms. The summed E-state index contributed by atoms with van der Waals surface area (Å²) in [6.45, 7) is 0. The summed E-state index contributed by atoms with van der Waals surface area (Å²) in [7, 11) is 0. The number of hydrogen-bond acceptors (Lipinski definition) is 4. The minimum absolute atomic E-state index is 0.266. The van der Waals surface area contributed by atoms with Crippen LogP contribution in [-0.2, 0) is 4.74 Å². The molecule has 1 amide bonds. The number of amides is 1. The molecule has 0 saturated heterocycles. The zero-order valence-corrected chi connectivity index (χ0v) is 10.7. The maximum atomic E-state index is 11.7. The number of benzene rings is 1. The third-order valence-electron chi connectivity index (χ3n) is 3.06. The molecule has 0 radical (unpaired) electrons. The number of nitrogens with one attached hydrogen (secondary N) is 2. The van der Waals surface area contributed by atoms with E-state index >= 15 is 0 Å². The van der Waals surface area contributed by atoms with Crippen molar-refractivity contribution in [3.05, 3.63) is 48.6 Å². The predicted octanol–water partition coefficient (Wildman–Crippen LogP) is 2.54. The van der Waals surface area contributed by atoms with Crippen LogP contribution in [0.3, 0.4) is 0 Å². The number of imidazole rings is 1. The average Bonchev–Trinajstić information content (AvgIpc) is 2.93. The molecule has 0 saturated carbocycles. The molecule has 0 aliphatic carbocycles. The number of aromatic nitrogens is 2. The summed E-state index contributed by atoms with van der Waals surface area (Å²) in [6, 6.07) is 7.15. The van der Waals surface area contributed by atoms with Gasteiger partial charge in [-0.1, -0.05) is 18.2 Å². The number of fused-ring (bicyclic) bond motifs is 4. The highest BCUT2D eigenvalue weighted by Gasteiger charge is 2.14. The van der Waals surface area contributed by atoms with E-state index in [9.17, 15) is 4.79 Å². The van der Waals surface area contributed by atoms with Crippen molar-refractivity contribution in [2.45, 2.75) is 12.5 Å². The summed E-state index contributed by atoms with van der Waals surface area (Å²) in [5, 5.41) is 2.70. The molecular weight excluding hydrogens is 256 g/mol. The van der Waals surface area contributed by atoms with Crippen LogP contribution in [0.5, 0.6) is 0 Å². The van der Waals surface area contributed by atoms with Crippen molar-refractivity contribution in [3.63, 3.8) is 0 Å². The number of anilines is 1. The van der Waals surface area contributed by atoms with Gasteiger partial charge in [0.05, 0.1) is 29.9 Å². The molecule has 102 valence electrons. The Kier molecular flexibility index (Phi) is 3.22. The zero-order valence-electron chi connectivity index (χ0n) is 10.7. The van der Waals surface area contributed by atoms with Gasteiger partial charge in [0.2, 0.25) is 0 Å². The van der Waals surface area contributed by atoms with Crippen LogP contribution in [-0.4, -0.2) is 16.1 Å². The Morgan fingerprint density at radius 1 is 1.35 bits per heavy atom. The molecule has 0 fully saturated rings. The lowest BCUT2D eigenvalue weighted by Gasteiger charge is -2.10. The summed E-state index contributed by atoms with van der Waals surface area (Å²) in [6.07, 6.45) is 4.73. The molecule has 1 aromatic heterocycles. The van der Waals surface area contributed by atoms with E-state index in [0.29, 0.717) is 17.9 Å². The van der Waals surface area contributed by atoms with E-state index in [2.05, 4.69) is 15.3 Å². The maximum Gasteiger partial charge on any atom is 0.416 e. The van der Waals surface area contributed by atoms with Crippen molar-refractivity contribution in [1.82, 2.24) is 9.97 Å². The van der Waals surface area contributed by atoms with Gasteiger partial charge in [-0.05, 0) is 18.6 Å². The van der Waals surface area contributed by atoms with Crippen molar-refractivity contribution in [2.75, 3.05) is 5.32 Å². The second-order valence-electron chi connectivity index (χ2n) is 4.47. The molecule has 4 N–H and O–H groups in total. The first-order chi connectivity index (χ1) is 9.74. The van der Waals surface area contributed by atoms with E-state index in [1.807, 2.05) is 18.2 Å². The largest absolute Gasteiger partial charge is 0.418 e. The van der Waals surface area contributed by atoms with Gasteiger partial charge in [0.25, 0.3) is 0 Å². The van der Waals surface area contributed by atoms with E-state index in [-0.39, 0.29) is 6.04 Å². The molecule has 1 atom stereocenters. The third kappa shape index (κ3) is 2.41. The van der Waals surface area contributed by atoms with E-state index < -0.39 is 6.09 Å². The van der Waals surface area contributed by atoms with Gasteiger partial charge in [-0.25, -0.2) is 9.78 Å². The Bertz CT molecular complexity index is 663. The number of carbonyl (C=O) groups excluding carboxylic acids is 1. The third-order valence-corrected chi connectivity index (χ3v) is 3.06. The number of nitrogens with two attached hydrogens (primary N) is 1. The molecule has 2 heterocycles. The van der Waals surface area contributed by atoms with Crippen molar-refractivity contribution in [3.8, 4) is 11.3 Å². The van der Waals surface area contributed by atoms with Gasteiger partial charge in [0.1, 0.15) is 5.82 Å². The average molecular weight is 270 g/mol. The zero-order chi connectivity index (χ0) is 13.9. The van der Waals surface area contributed by atoms with Crippen molar-refractivity contribution in [2.24, 2.45) is 5.73 Å². The second-order valence-corrected chi connectivity index (χ2v) is 4.47. The molecule has 2 aromatic rings. The number of hydrogen-bond donors (Lipinski definition) is 3. The van der Waals surface area contributed by atoms with Crippen LogP contribution in [0.4, 0.5) is 10.5 Å². The Morgan fingerprint density at radius 3 is 3.10 bits per heavy atom. The van der Waals surface area contributed by atoms with Crippen molar-refractivity contribution < 1.29 is 9.53 Å². The first-order valence-electron chi connectivity index (χ1n) is 6.26. The molecule has 1 unspecified atom stereocenters. The minimum atomic E-state index is -0.539. The van der Waals surface area contributed by atoms with E-state index in [1.54, 1.807) is 18.3 Å². The van der Waals surface area contributed by atoms with E-state index in [4.69, 9.17) is 10.5 Å². The fraction of sp³-hybridized carbons (Fsp3) is 0.143. The quantitative estimate of drug-likeness (QED) is 0.685. The molecule has 20 heavy (non-hydrogen) atoms. The SMILES string of the molecule is NC1C/C=C/OC(=O)Nc2ccccc2-c2cnc1[nH]2. The Balaban J connectivity index is 2.08. The van der Waals surface area contributed by atoms with Crippen LogP contribution >= 0.6 is 0 Å². The van der Waals surface area contributed by atoms with Gasteiger partial charge >= 0.3 is 6.09 Å². The predicted molar refractivity (Wildman–Crippen MR) is 74.8 cm³/mol. The Hall–Kier alpha value is -2.60. The first kappa shape index (κ1) is 12.4. The van der Waals surface area contributed by atoms with Gasteiger partial charge in [-0.15, -0.1) is 0 Å². The standard InChI is InChI=1S/C14H14N4O2/c15-10-5-3-7-20-14(19)18-11-6-2-1-4-9(11)12-8-16-13(10)17-12/h1-4,6-8,10H,5,15H2,(H,16,17)(H,18,19)/b7-3+. The molecule has 1 aliphatic rings. The number of cyclic esters (lactones) is 1. The number of H-pyrrole nitrogens is 1. The normalized spacial score (nSPS) is 19.9. The molecule has 0 spiro atoms. The highest BCUT2D eigenvalue weighted by molar-refractivity contribution is 5.91. The smallest absolute Gasteiger partial charge is 0.416 e. The second kappa shape index (κ2) is 5.18. The van der Waals surface area contributed by atoms with Crippen LogP contribution in [0.1, 0.15) is 18.3 Å².